The first-order valence-corrected chi connectivity index (χ1v) is 14.2. The van der Waals surface area contributed by atoms with E-state index in [9.17, 15) is 18.8 Å². The predicted octanol–water partition coefficient (Wildman–Crippen LogP) is 4.93. The molecule has 2 amide bonds. The molecule has 0 unspecified atom stereocenters. The van der Waals surface area contributed by atoms with E-state index in [4.69, 9.17) is 14.2 Å². The van der Waals surface area contributed by atoms with Gasteiger partial charge in [0.05, 0.1) is 7.11 Å². The zero-order chi connectivity index (χ0) is 31.3. The second kappa shape index (κ2) is 15.9. The highest BCUT2D eigenvalue weighted by Gasteiger charge is 2.28. The number of amides is 2. The first kappa shape index (κ1) is 31.7. The number of carbonyl (C=O) groups is 3. The number of nitrogens with one attached hydrogen (secondary N) is 2. The van der Waals surface area contributed by atoms with E-state index in [2.05, 4.69) is 10.6 Å². The Bertz CT molecular complexity index is 1550. The number of methoxy groups -OCH3 is 1. The number of esters is 1. The van der Waals surface area contributed by atoms with Crippen molar-refractivity contribution >= 4 is 17.8 Å². The molecule has 4 rings (SSSR count). The van der Waals surface area contributed by atoms with Crippen LogP contribution >= 0.6 is 0 Å². The van der Waals surface area contributed by atoms with Crippen LogP contribution in [0.15, 0.2) is 103 Å². The predicted molar refractivity (Wildman–Crippen MR) is 163 cm³/mol. The van der Waals surface area contributed by atoms with Crippen LogP contribution < -0.4 is 20.1 Å². The van der Waals surface area contributed by atoms with Crippen molar-refractivity contribution < 1.29 is 33.0 Å². The fourth-order valence-electron chi connectivity index (χ4n) is 4.58. The first-order chi connectivity index (χ1) is 21.3. The minimum absolute atomic E-state index is 0.0298. The molecule has 0 saturated carbocycles. The summed E-state index contributed by atoms with van der Waals surface area (Å²) in [6.07, 6.45) is 0.105. The average Bonchev–Trinajstić information content (AvgIpc) is 3.03. The van der Waals surface area contributed by atoms with Crippen LogP contribution in [0.1, 0.15) is 29.2 Å². The van der Waals surface area contributed by atoms with E-state index in [0.717, 1.165) is 11.1 Å². The SMILES string of the molecule is COC(=O)[C@H](Cc1ccc(OCc2ccccc2)c(OCc2ccccc2)c1)NC(=O)[C@@H](Cc1cccc(F)c1)NC(C)=O. The van der Waals surface area contributed by atoms with E-state index < -0.39 is 35.7 Å². The molecular weight excluding hydrogens is 563 g/mol. The van der Waals surface area contributed by atoms with Crippen molar-refractivity contribution in [2.75, 3.05) is 7.11 Å². The van der Waals surface area contributed by atoms with Gasteiger partial charge in [0.1, 0.15) is 31.1 Å². The molecule has 0 aliphatic carbocycles. The van der Waals surface area contributed by atoms with E-state index in [1.54, 1.807) is 24.3 Å². The molecule has 2 N–H and O–H groups in total. The molecule has 0 fully saturated rings. The Kier molecular flexibility index (Phi) is 11.5. The molecule has 228 valence electrons. The van der Waals surface area contributed by atoms with E-state index >= 15 is 0 Å². The normalized spacial score (nSPS) is 12.0. The van der Waals surface area contributed by atoms with Crippen LogP contribution in [0.3, 0.4) is 0 Å². The summed E-state index contributed by atoms with van der Waals surface area (Å²) in [7, 11) is 1.23. The molecule has 9 heteroatoms. The number of rotatable bonds is 14. The van der Waals surface area contributed by atoms with Gasteiger partial charge in [0, 0.05) is 19.8 Å². The molecule has 0 saturated heterocycles. The molecule has 0 spiro atoms. The lowest BCUT2D eigenvalue weighted by atomic mass is 10.0. The molecule has 0 heterocycles. The number of benzene rings is 4. The quantitative estimate of drug-likeness (QED) is 0.200. The number of ether oxygens (including phenoxy) is 3. The molecule has 0 aliphatic heterocycles. The number of hydrogen-bond donors (Lipinski definition) is 2. The van der Waals surface area contributed by atoms with E-state index in [1.165, 1.54) is 32.2 Å². The van der Waals surface area contributed by atoms with Gasteiger partial charge in [-0.2, -0.15) is 0 Å². The zero-order valence-electron chi connectivity index (χ0n) is 24.6. The molecule has 0 aromatic heterocycles. The van der Waals surface area contributed by atoms with E-state index in [1.807, 2.05) is 60.7 Å². The van der Waals surface area contributed by atoms with Gasteiger partial charge in [0.25, 0.3) is 0 Å². The summed E-state index contributed by atoms with van der Waals surface area (Å²) in [6, 6.07) is 28.4. The standard InChI is InChI=1S/C35H35FN2O6/c1-24(39)37-30(19-27-14-9-15-29(36)18-27)34(40)38-31(35(41)42-2)20-28-16-17-32(43-22-25-10-5-3-6-11-25)33(21-28)44-23-26-12-7-4-8-13-26/h3-18,21,30-31H,19-20,22-23H2,1-2H3,(H,37,39)(H,38,40)/t30-,31+/m1/s1. The van der Waals surface area contributed by atoms with Crippen LogP contribution in [-0.4, -0.2) is 37.0 Å². The molecule has 0 radical (unpaired) electrons. The Morgan fingerprint density at radius 3 is 1.82 bits per heavy atom. The third-order valence-corrected chi connectivity index (χ3v) is 6.75. The molecule has 4 aromatic carbocycles. The smallest absolute Gasteiger partial charge is 0.328 e. The summed E-state index contributed by atoms with van der Waals surface area (Å²) in [6.45, 7) is 1.91. The van der Waals surface area contributed by atoms with Gasteiger partial charge in [-0.25, -0.2) is 9.18 Å². The first-order valence-electron chi connectivity index (χ1n) is 14.2. The lowest BCUT2D eigenvalue weighted by Crippen LogP contribution is -2.53. The lowest BCUT2D eigenvalue weighted by Gasteiger charge is -2.22. The van der Waals surface area contributed by atoms with Crippen molar-refractivity contribution in [2.45, 2.75) is 45.1 Å². The highest BCUT2D eigenvalue weighted by molar-refractivity contribution is 5.90. The Balaban J connectivity index is 1.53. The molecule has 44 heavy (non-hydrogen) atoms. The van der Waals surface area contributed by atoms with Crippen LogP contribution in [0.2, 0.25) is 0 Å². The lowest BCUT2D eigenvalue weighted by molar-refractivity contribution is -0.145. The summed E-state index contributed by atoms with van der Waals surface area (Å²) in [5.41, 5.74) is 3.15. The topological polar surface area (TPSA) is 103 Å². The summed E-state index contributed by atoms with van der Waals surface area (Å²) < 4.78 is 31.0. The summed E-state index contributed by atoms with van der Waals surface area (Å²) >= 11 is 0. The fourth-order valence-corrected chi connectivity index (χ4v) is 4.58. The highest BCUT2D eigenvalue weighted by atomic mass is 19.1. The molecule has 0 bridgehead atoms. The Morgan fingerprint density at radius 2 is 1.23 bits per heavy atom. The number of halogens is 1. The van der Waals surface area contributed by atoms with Gasteiger partial charge in [-0.3, -0.25) is 9.59 Å². The van der Waals surface area contributed by atoms with Gasteiger partial charge in [-0.1, -0.05) is 78.9 Å². The van der Waals surface area contributed by atoms with Crippen molar-refractivity contribution in [3.8, 4) is 11.5 Å². The summed E-state index contributed by atoms with van der Waals surface area (Å²) in [5, 5.41) is 5.29. The Hall–Kier alpha value is -5.18. The van der Waals surface area contributed by atoms with E-state index in [-0.39, 0.29) is 12.8 Å². The molecule has 2 atom stereocenters. The third kappa shape index (κ3) is 9.69. The van der Waals surface area contributed by atoms with Crippen molar-refractivity contribution in [1.82, 2.24) is 10.6 Å². The van der Waals surface area contributed by atoms with Crippen LogP contribution in [0.25, 0.3) is 0 Å². The van der Waals surface area contributed by atoms with Gasteiger partial charge in [-0.15, -0.1) is 0 Å². The second-order valence-electron chi connectivity index (χ2n) is 10.2. The minimum atomic E-state index is -1.07. The summed E-state index contributed by atoms with van der Waals surface area (Å²) in [4.78, 5) is 38.0. The largest absolute Gasteiger partial charge is 0.485 e. The van der Waals surface area contributed by atoms with E-state index in [0.29, 0.717) is 35.8 Å². The zero-order valence-corrected chi connectivity index (χ0v) is 24.6. The Labute approximate surface area is 256 Å². The number of hydrogen-bond acceptors (Lipinski definition) is 6. The maximum atomic E-state index is 13.8. The van der Waals surface area contributed by atoms with Crippen molar-refractivity contribution in [2.24, 2.45) is 0 Å². The van der Waals surface area contributed by atoms with Gasteiger partial charge in [-0.05, 0) is 46.5 Å². The minimum Gasteiger partial charge on any atom is -0.485 e. The number of carbonyl (C=O) groups excluding carboxylic acids is 3. The van der Waals surface area contributed by atoms with Gasteiger partial charge in [0.15, 0.2) is 11.5 Å². The maximum Gasteiger partial charge on any atom is 0.328 e. The molecule has 4 aromatic rings. The van der Waals surface area contributed by atoms with Crippen molar-refractivity contribution in [1.29, 1.82) is 0 Å². The fraction of sp³-hybridized carbons (Fsp3) is 0.229. The van der Waals surface area contributed by atoms with Crippen molar-refractivity contribution in [3.05, 3.63) is 131 Å². The third-order valence-electron chi connectivity index (χ3n) is 6.75. The molecule has 8 nitrogen and oxygen atoms in total. The van der Waals surface area contributed by atoms with Crippen LogP contribution in [0, 0.1) is 5.82 Å². The maximum absolute atomic E-state index is 13.8. The second-order valence-corrected chi connectivity index (χ2v) is 10.2. The monoisotopic (exact) mass is 598 g/mol. The van der Waals surface area contributed by atoms with Crippen molar-refractivity contribution in [3.63, 3.8) is 0 Å². The van der Waals surface area contributed by atoms with Gasteiger partial charge < -0.3 is 24.8 Å². The molecular formula is C35H35FN2O6. The van der Waals surface area contributed by atoms with Gasteiger partial charge in [0.2, 0.25) is 11.8 Å². The van der Waals surface area contributed by atoms with Crippen LogP contribution in [0.5, 0.6) is 11.5 Å². The summed E-state index contributed by atoms with van der Waals surface area (Å²) in [5.74, 6) is -1.18. The van der Waals surface area contributed by atoms with Crippen LogP contribution in [0.4, 0.5) is 4.39 Å². The molecule has 0 aliphatic rings. The highest BCUT2D eigenvalue weighted by Crippen LogP contribution is 2.31. The Morgan fingerprint density at radius 1 is 0.659 bits per heavy atom. The average molecular weight is 599 g/mol. The van der Waals surface area contributed by atoms with Crippen LogP contribution in [-0.2, 0) is 45.2 Å². The van der Waals surface area contributed by atoms with Gasteiger partial charge >= 0.3 is 5.97 Å².